The minimum atomic E-state index is -4.73. The highest BCUT2D eigenvalue weighted by Gasteiger charge is 2.31. The van der Waals surface area contributed by atoms with Crippen LogP contribution in [0.1, 0.15) is 31.0 Å². The van der Waals surface area contributed by atoms with Crippen molar-refractivity contribution in [2.75, 3.05) is 5.32 Å². The van der Waals surface area contributed by atoms with Crippen molar-refractivity contribution in [3.05, 3.63) is 54.0 Å². The summed E-state index contributed by atoms with van der Waals surface area (Å²) in [5.74, 6) is 0.0225. The number of benzene rings is 1. The minimum absolute atomic E-state index is 0. The van der Waals surface area contributed by atoms with Crippen LogP contribution in [0.5, 0.6) is 5.75 Å². The normalized spacial score (nSPS) is 11.5. The average Bonchev–Trinajstić information content (AvgIpc) is 2.97. The van der Waals surface area contributed by atoms with Crippen LogP contribution in [0.15, 0.2) is 42.7 Å². The zero-order chi connectivity index (χ0) is 18.0. The lowest BCUT2D eigenvalue weighted by molar-refractivity contribution is -0.274. The van der Waals surface area contributed by atoms with E-state index < -0.39 is 6.36 Å². The van der Waals surface area contributed by atoms with Crippen LogP contribution in [0, 0.1) is 0 Å². The third kappa shape index (κ3) is 4.57. The molecule has 0 atom stereocenters. The summed E-state index contributed by atoms with van der Waals surface area (Å²) in [5, 5.41) is 7.32. The number of ether oxygens (including phenoxy) is 1. The Labute approximate surface area is 154 Å². The number of para-hydroxylation sites is 1. The molecule has 0 aliphatic carbocycles. The van der Waals surface area contributed by atoms with Gasteiger partial charge in [0, 0.05) is 12.1 Å². The maximum Gasteiger partial charge on any atom is 0.573 e. The van der Waals surface area contributed by atoms with Crippen LogP contribution < -0.4 is 10.1 Å². The molecule has 0 saturated heterocycles. The quantitative estimate of drug-likeness (QED) is 0.685. The number of alkyl halides is 3. The zero-order valence-electron chi connectivity index (χ0n) is 14.1. The summed E-state index contributed by atoms with van der Waals surface area (Å²) in [7, 11) is 0. The number of hydrogen-bond donors (Lipinski definition) is 1. The van der Waals surface area contributed by atoms with Crippen LogP contribution in [0.25, 0.3) is 5.65 Å². The van der Waals surface area contributed by atoms with Crippen LogP contribution in [0.3, 0.4) is 0 Å². The van der Waals surface area contributed by atoms with Crippen molar-refractivity contribution in [2.24, 2.45) is 0 Å². The van der Waals surface area contributed by atoms with Crippen molar-refractivity contribution in [1.82, 2.24) is 14.6 Å². The summed E-state index contributed by atoms with van der Waals surface area (Å²) in [4.78, 5) is 4.53. The molecular weight excluding hydrogens is 369 g/mol. The van der Waals surface area contributed by atoms with E-state index in [-0.39, 0.29) is 30.6 Å². The van der Waals surface area contributed by atoms with Crippen molar-refractivity contribution in [1.29, 1.82) is 0 Å². The third-order valence-electron chi connectivity index (χ3n) is 3.64. The molecule has 5 nitrogen and oxygen atoms in total. The van der Waals surface area contributed by atoms with E-state index in [2.05, 4.69) is 20.1 Å². The molecule has 2 heterocycles. The maximum atomic E-state index is 12.5. The van der Waals surface area contributed by atoms with E-state index in [0.717, 1.165) is 5.69 Å². The second-order valence-corrected chi connectivity index (χ2v) is 5.84. The van der Waals surface area contributed by atoms with E-state index in [0.29, 0.717) is 16.9 Å². The molecule has 0 bridgehead atoms. The first-order chi connectivity index (χ1) is 11.8. The predicted octanol–water partition coefficient (Wildman–Crippen LogP) is 4.79. The number of halogens is 4. The van der Waals surface area contributed by atoms with Gasteiger partial charge < -0.3 is 10.1 Å². The SMILES string of the molecule is CC(C)c1cn2nccc(NCc3ccccc3OC(F)(F)F)c2n1.Cl. The van der Waals surface area contributed by atoms with E-state index in [1.807, 2.05) is 20.0 Å². The van der Waals surface area contributed by atoms with Gasteiger partial charge in [-0.25, -0.2) is 9.50 Å². The van der Waals surface area contributed by atoms with Crippen molar-refractivity contribution in [3.63, 3.8) is 0 Å². The lowest BCUT2D eigenvalue weighted by Gasteiger charge is -2.14. The molecule has 0 unspecified atom stereocenters. The Morgan fingerprint density at radius 1 is 1.19 bits per heavy atom. The van der Waals surface area contributed by atoms with Crippen molar-refractivity contribution in [3.8, 4) is 5.75 Å². The van der Waals surface area contributed by atoms with Crippen LogP contribution in [-0.2, 0) is 6.54 Å². The third-order valence-corrected chi connectivity index (χ3v) is 3.64. The summed E-state index contributed by atoms with van der Waals surface area (Å²) in [5.41, 5.74) is 2.59. The molecule has 9 heteroatoms. The summed E-state index contributed by atoms with van der Waals surface area (Å²) in [6.07, 6.45) is -1.28. The Morgan fingerprint density at radius 3 is 2.62 bits per heavy atom. The topological polar surface area (TPSA) is 51.5 Å². The summed E-state index contributed by atoms with van der Waals surface area (Å²) in [6, 6.07) is 7.77. The summed E-state index contributed by atoms with van der Waals surface area (Å²) < 4.78 is 43.2. The van der Waals surface area contributed by atoms with Crippen molar-refractivity contribution >= 4 is 23.7 Å². The van der Waals surface area contributed by atoms with Gasteiger partial charge >= 0.3 is 6.36 Å². The smallest absolute Gasteiger partial charge is 0.405 e. The second kappa shape index (κ2) is 7.82. The zero-order valence-corrected chi connectivity index (χ0v) is 14.9. The number of nitrogens with one attached hydrogen (secondary N) is 1. The number of imidazole rings is 1. The highest BCUT2D eigenvalue weighted by Crippen LogP contribution is 2.27. The molecule has 0 saturated carbocycles. The lowest BCUT2D eigenvalue weighted by atomic mass is 10.2. The highest BCUT2D eigenvalue weighted by atomic mass is 35.5. The molecular formula is C17H18ClF3N4O. The number of nitrogens with zero attached hydrogens (tertiary/aromatic N) is 3. The lowest BCUT2D eigenvalue weighted by Crippen LogP contribution is -2.18. The van der Waals surface area contributed by atoms with E-state index in [1.54, 1.807) is 28.9 Å². The molecule has 0 aliphatic rings. The number of anilines is 1. The molecule has 0 aliphatic heterocycles. The fourth-order valence-corrected chi connectivity index (χ4v) is 2.40. The number of rotatable bonds is 5. The largest absolute Gasteiger partial charge is 0.573 e. The maximum absolute atomic E-state index is 12.5. The van der Waals surface area contributed by atoms with Crippen LogP contribution in [-0.4, -0.2) is 21.0 Å². The Hall–Kier alpha value is -2.48. The van der Waals surface area contributed by atoms with Gasteiger partial charge in [0.05, 0.1) is 23.8 Å². The van der Waals surface area contributed by atoms with E-state index in [4.69, 9.17) is 0 Å². The van der Waals surface area contributed by atoms with Crippen LogP contribution >= 0.6 is 12.4 Å². The molecule has 26 heavy (non-hydrogen) atoms. The standard InChI is InChI=1S/C17H17F3N4O.ClH/c1-11(2)14-10-24-16(23-14)13(7-8-22-24)21-9-12-5-3-4-6-15(12)25-17(18,19)20;/h3-8,10-11,21H,9H2,1-2H3;1H. The first-order valence-corrected chi connectivity index (χ1v) is 7.75. The molecule has 3 aromatic rings. The van der Waals surface area contributed by atoms with Gasteiger partial charge in [0.25, 0.3) is 0 Å². The van der Waals surface area contributed by atoms with Crippen molar-refractivity contribution in [2.45, 2.75) is 32.7 Å². The number of hydrogen-bond acceptors (Lipinski definition) is 4. The Balaban J connectivity index is 0.00000243. The van der Waals surface area contributed by atoms with Gasteiger partial charge in [-0.1, -0.05) is 32.0 Å². The molecule has 0 radical (unpaired) electrons. The van der Waals surface area contributed by atoms with E-state index in [1.165, 1.54) is 12.1 Å². The molecule has 0 spiro atoms. The van der Waals surface area contributed by atoms with Gasteiger partial charge in [0.15, 0.2) is 5.65 Å². The fourth-order valence-electron chi connectivity index (χ4n) is 2.40. The van der Waals surface area contributed by atoms with Crippen LogP contribution in [0.4, 0.5) is 18.9 Å². The summed E-state index contributed by atoms with van der Waals surface area (Å²) in [6.45, 7) is 4.22. The van der Waals surface area contributed by atoms with Gasteiger partial charge in [-0.05, 0) is 18.1 Å². The molecule has 140 valence electrons. The Bertz CT molecular complexity index is 880. The number of fused-ring (bicyclic) bond motifs is 1. The predicted molar refractivity (Wildman–Crippen MR) is 94.8 cm³/mol. The van der Waals surface area contributed by atoms with Crippen LogP contribution in [0.2, 0.25) is 0 Å². The second-order valence-electron chi connectivity index (χ2n) is 5.84. The van der Waals surface area contributed by atoms with Gasteiger partial charge in [-0.3, -0.25) is 0 Å². The van der Waals surface area contributed by atoms with Gasteiger partial charge in [-0.2, -0.15) is 5.10 Å². The minimum Gasteiger partial charge on any atom is -0.405 e. The molecule has 0 amide bonds. The first-order valence-electron chi connectivity index (χ1n) is 7.75. The van der Waals surface area contributed by atoms with E-state index >= 15 is 0 Å². The Morgan fingerprint density at radius 2 is 1.92 bits per heavy atom. The molecule has 2 aromatic heterocycles. The van der Waals surface area contributed by atoms with Gasteiger partial charge in [-0.15, -0.1) is 25.6 Å². The summed E-state index contributed by atoms with van der Waals surface area (Å²) >= 11 is 0. The van der Waals surface area contributed by atoms with Gasteiger partial charge in [0.2, 0.25) is 0 Å². The average molecular weight is 387 g/mol. The first kappa shape index (κ1) is 19.8. The molecule has 0 fully saturated rings. The van der Waals surface area contributed by atoms with Crippen molar-refractivity contribution < 1.29 is 17.9 Å². The monoisotopic (exact) mass is 386 g/mol. The highest BCUT2D eigenvalue weighted by molar-refractivity contribution is 5.85. The number of aromatic nitrogens is 3. The van der Waals surface area contributed by atoms with E-state index in [9.17, 15) is 13.2 Å². The molecule has 1 N–H and O–H groups in total. The molecule has 1 aromatic carbocycles. The van der Waals surface area contributed by atoms with Gasteiger partial charge in [0.1, 0.15) is 5.75 Å². The Kier molecular flexibility index (Phi) is 5.97. The molecule has 3 rings (SSSR count). The fraction of sp³-hybridized carbons (Fsp3) is 0.294.